The van der Waals surface area contributed by atoms with Gasteiger partial charge in [-0.05, 0) is 51.4 Å². The van der Waals surface area contributed by atoms with Crippen LogP contribution in [0.2, 0.25) is 0 Å². The van der Waals surface area contributed by atoms with E-state index in [0.717, 1.165) is 19.3 Å². The van der Waals surface area contributed by atoms with Crippen LogP contribution in [0.15, 0.2) is 12.2 Å². The van der Waals surface area contributed by atoms with Gasteiger partial charge in [0, 0.05) is 13.0 Å². The molecule has 0 amide bonds. The maximum atomic E-state index is 11.6. The van der Waals surface area contributed by atoms with Crippen molar-refractivity contribution >= 4 is 5.97 Å². The van der Waals surface area contributed by atoms with Crippen molar-refractivity contribution in [3.05, 3.63) is 12.2 Å². The van der Waals surface area contributed by atoms with E-state index in [1.807, 2.05) is 0 Å². The van der Waals surface area contributed by atoms with E-state index in [1.54, 1.807) is 0 Å². The van der Waals surface area contributed by atoms with Crippen LogP contribution >= 0.6 is 0 Å². The molecule has 0 saturated heterocycles. The Balaban J connectivity index is 3.29. The summed E-state index contributed by atoms with van der Waals surface area (Å²) in [6.45, 7) is 2.48. The Labute approximate surface area is 173 Å². The second kappa shape index (κ2) is 22.4. The first-order valence-corrected chi connectivity index (χ1v) is 11.8. The molecule has 2 N–H and O–H groups in total. The van der Waals surface area contributed by atoms with Crippen LogP contribution in [0.5, 0.6) is 0 Å². The van der Waals surface area contributed by atoms with Crippen LogP contribution in [0, 0.1) is 0 Å². The average Bonchev–Trinajstić information content (AvgIpc) is 2.69. The van der Waals surface area contributed by atoms with Crippen LogP contribution in [0.1, 0.15) is 116 Å². The molecule has 4 nitrogen and oxygen atoms in total. The summed E-state index contributed by atoms with van der Waals surface area (Å²) in [5.74, 6) is -0.209. The van der Waals surface area contributed by atoms with Gasteiger partial charge in [-0.1, -0.05) is 70.4 Å². The number of unbranched alkanes of at least 4 members (excludes halogenated alkanes) is 12. The van der Waals surface area contributed by atoms with Crippen molar-refractivity contribution in [2.45, 2.75) is 122 Å². The molecular weight excluding hydrogens is 352 g/mol. The standard InChI is InChI=1S/C24H46O4/c1-2-3-4-5-6-7-8-9-10-11-12-13-14-15-16-20-24(27)28-22-23(26)19-17-18-21-25/h9-10,23,25-26H,2-8,11-22H2,1H3/b10-9-. The number of ether oxygens (including phenoxy) is 1. The Bertz CT molecular complexity index is 355. The van der Waals surface area contributed by atoms with E-state index < -0.39 is 6.10 Å². The average molecular weight is 399 g/mol. The molecule has 0 aliphatic carbocycles. The van der Waals surface area contributed by atoms with Crippen molar-refractivity contribution in [3.8, 4) is 0 Å². The molecule has 0 rings (SSSR count). The second-order valence-corrected chi connectivity index (χ2v) is 7.89. The van der Waals surface area contributed by atoms with E-state index in [-0.39, 0.29) is 19.2 Å². The first kappa shape index (κ1) is 27.1. The first-order chi connectivity index (χ1) is 13.7. The third-order valence-electron chi connectivity index (χ3n) is 5.02. The minimum absolute atomic E-state index is 0.0787. The third-order valence-corrected chi connectivity index (χ3v) is 5.02. The molecule has 0 aromatic heterocycles. The van der Waals surface area contributed by atoms with Crippen molar-refractivity contribution in [1.29, 1.82) is 0 Å². The van der Waals surface area contributed by atoms with Gasteiger partial charge in [0.05, 0.1) is 6.10 Å². The molecule has 1 unspecified atom stereocenters. The van der Waals surface area contributed by atoms with Crippen molar-refractivity contribution in [2.24, 2.45) is 0 Å². The molecule has 4 heteroatoms. The summed E-state index contributed by atoms with van der Waals surface area (Å²) in [7, 11) is 0. The third kappa shape index (κ3) is 21.4. The molecule has 0 heterocycles. The lowest BCUT2D eigenvalue weighted by molar-refractivity contribution is -0.146. The Morgan fingerprint density at radius 2 is 1.39 bits per heavy atom. The maximum absolute atomic E-state index is 11.6. The van der Waals surface area contributed by atoms with Crippen LogP contribution in [0.3, 0.4) is 0 Å². The molecule has 0 aliphatic heterocycles. The summed E-state index contributed by atoms with van der Waals surface area (Å²) >= 11 is 0. The number of hydrogen-bond donors (Lipinski definition) is 2. The summed E-state index contributed by atoms with van der Waals surface area (Å²) in [5.41, 5.74) is 0. The van der Waals surface area contributed by atoms with Crippen molar-refractivity contribution < 1.29 is 19.7 Å². The lowest BCUT2D eigenvalue weighted by atomic mass is 10.1. The van der Waals surface area contributed by atoms with E-state index in [9.17, 15) is 9.90 Å². The lowest BCUT2D eigenvalue weighted by Gasteiger charge is -2.10. The molecule has 0 aliphatic rings. The number of carbonyl (C=O) groups is 1. The van der Waals surface area contributed by atoms with Gasteiger partial charge in [0.15, 0.2) is 0 Å². The smallest absolute Gasteiger partial charge is 0.305 e. The number of aliphatic hydroxyl groups excluding tert-OH is 2. The molecular formula is C24H46O4. The molecule has 0 aromatic carbocycles. The van der Waals surface area contributed by atoms with E-state index in [2.05, 4.69) is 19.1 Å². The van der Waals surface area contributed by atoms with Gasteiger partial charge in [0.2, 0.25) is 0 Å². The zero-order valence-corrected chi connectivity index (χ0v) is 18.4. The van der Waals surface area contributed by atoms with Crippen LogP contribution in [-0.4, -0.2) is 35.5 Å². The Hall–Kier alpha value is -0.870. The molecule has 28 heavy (non-hydrogen) atoms. The molecule has 0 aromatic rings. The summed E-state index contributed by atoms with van der Waals surface area (Å²) in [6.07, 6.45) is 22.7. The quantitative estimate of drug-likeness (QED) is 0.139. The van der Waals surface area contributed by atoms with Crippen molar-refractivity contribution in [3.63, 3.8) is 0 Å². The Kier molecular flexibility index (Phi) is 21.7. The van der Waals surface area contributed by atoms with Gasteiger partial charge in [-0.25, -0.2) is 0 Å². The lowest BCUT2D eigenvalue weighted by Crippen LogP contribution is -2.18. The fraction of sp³-hybridized carbons (Fsp3) is 0.875. The molecule has 166 valence electrons. The minimum atomic E-state index is -0.607. The molecule has 0 bridgehead atoms. The topological polar surface area (TPSA) is 66.8 Å². The summed E-state index contributed by atoms with van der Waals surface area (Å²) in [6, 6.07) is 0. The number of aliphatic hydroxyl groups is 2. The predicted octanol–water partition coefficient (Wildman–Crippen LogP) is 6.09. The Morgan fingerprint density at radius 1 is 0.821 bits per heavy atom. The molecule has 0 saturated carbocycles. The zero-order chi connectivity index (χ0) is 20.7. The highest BCUT2D eigenvalue weighted by Gasteiger charge is 2.08. The van der Waals surface area contributed by atoms with E-state index in [1.165, 1.54) is 70.6 Å². The van der Waals surface area contributed by atoms with Crippen molar-refractivity contribution in [1.82, 2.24) is 0 Å². The zero-order valence-electron chi connectivity index (χ0n) is 18.4. The first-order valence-electron chi connectivity index (χ1n) is 11.8. The number of hydrogen-bond acceptors (Lipinski definition) is 4. The van der Waals surface area contributed by atoms with E-state index in [0.29, 0.717) is 19.3 Å². The maximum Gasteiger partial charge on any atom is 0.305 e. The van der Waals surface area contributed by atoms with Crippen LogP contribution < -0.4 is 0 Å². The van der Waals surface area contributed by atoms with Gasteiger partial charge in [-0.2, -0.15) is 0 Å². The number of carbonyl (C=O) groups excluding carboxylic acids is 1. The number of rotatable bonds is 21. The summed E-state index contributed by atoms with van der Waals surface area (Å²) in [5, 5.41) is 18.4. The van der Waals surface area contributed by atoms with E-state index in [4.69, 9.17) is 9.84 Å². The number of esters is 1. The van der Waals surface area contributed by atoms with Gasteiger partial charge in [-0.15, -0.1) is 0 Å². The van der Waals surface area contributed by atoms with Gasteiger partial charge in [0.1, 0.15) is 6.61 Å². The highest BCUT2D eigenvalue weighted by atomic mass is 16.5. The molecule has 1 atom stereocenters. The predicted molar refractivity (Wildman–Crippen MR) is 117 cm³/mol. The van der Waals surface area contributed by atoms with Crippen LogP contribution in [0.4, 0.5) is 0 Å². The van der Waals surface area contributed by atoms with Gasteiger partial charge in [-0.3, -0.25) is 4.79 Å². The number of allylic oxidation sites excluding steroid dienone is 2. The van der Waals surface area contributed by atoms with Crippen LogP contribution in [-0.2, 0) is 9.53 Å². The largest absolute Gasteiger partial charge is 0.463 e. The Morgan fingerprint density at radius 3 is 2.00 bits per heavy atom. The van der Waals surface area contributed by atoms with Crippen LogP contribution in [0.25, 0.3) is 0 Å². The highest BCUT2D eigenvalue weighted by Crippen LogP contribution is 2.10. The van der Waals surface area contributed by atoms with E-state index >= 15 is 0 Å². The molecule has 0 fully saturated rings. The van der Waals surface area contributed by atoms with Gasteiger partial charge in [0.25, 0.3) is 0 Å². The second-order valence-electron chi connectivity index (χ2n) is 7.89. The van der Waals surface area contributed by atoms with Gasteiger partial charge < -0.3 is 14.9 Å². The summed E-state index contributed by atoms with van der Waals surface area (Å²) in [4.78, 5) is 11.6. The van der Waals surface area contributed by atoms with Gasteiger partial charge >= 0.3 is 5.97 Å². The highest BCUT2D eigenvalue weighted by molar-refractivity contribution is 5.69. The monoisotopic (exact) mass is 398 g/mol. The summed E-state index contributed by atoms with van der Waals surface area (Å²) < 4.78 is 5.09. The van der Waals surface area contributed by atoms with Crippen molar-refractivity contribution in [2.75, 3.05) is 13.2 Å². The fourth-order valence-corrected chi connectivity index (χ4v) is 3.18. The normalized spacial score (nSPS) is 12.5. The molecule has 0 radical (unpaired) electrons. The fourth-order valence-electron chi connectivity index (χ4n) is 3.18. The minimum Gasteiger partial charge on any atom is -0.463 e. The SMILES string of the molecule is CCCCCCCC/C=C\CCCCCCCC(=O)OCC(O)CCCCO. The molecule has 0 spiro atoms.